The lowest BCUT2D eigenvalue weighted by Gasteiger charge is -2.31. The van der Waals surface area contributed by atoms with Crippen LogP contribution in [0.25, 0.3) is 0 Å². The molecule has 1 aliphatic rings. The molecule has 3 N–H and O–H groups in total. The Hall–Kier alpha value is -2.37. The largest absolute Gasteiger partial charge is 0.326 e. The van der Waals surface area contributed by atoms with Gasteiger partial charge in [-0.2, -0.15) is 0 Å². The van der Waals surface area contributed by atoms with E-state index < -0.39 is 0 Å². The van der Waals surface area contributed by atoms with Crippen molar-refractivity contribution < 1.29 is 9.59 Å². The van der Waals surface area contributed by atoms with Crippen LogP contribution in [0.15, 0.2) is 48.5 Å². The van der Waals surface area contributed by atoms with E-state index in [1.807, 2.05) is 50.2 Å². The van der Waals surface area contributed by atoms with Crippen LogP contribution in [0.2, 0.25) is 0 Å². The fourth-order valence-electron chi connectivity index (χ4n) is 2.75. The summed E-state index contributed by atoms with van der Waals surface area (Å²) in [4.78, 5) is 24.9. The van der Waals surface area contributed by atoms with E-state index >= 15 is 0 Å². The number of anilines is 2. The van der Waals surface area contributed by atoms with Crippen LogP contribution in [0.3, 0.4) is 0 Å². The minimum absolute atomic E-state index is 0. The Bertz CT molecular complexity index is 776. The molecule has 1 fully saturated rings. The minimum Gasteiger partial charge on any atom is -0.326 e. The molecule has 2 amide bonds. The average molecular weight is 374 g/mol. The van der Waals surface area contributed by atoms with Crippen LogP contribution >= 0.6 is 12.4 Å². The third-order valence-electron chi connectivity index (χ3n) is 4.72. The van der Waals surface area contributed by atoms with Gasteiger partial charge in [0.05, 0.1) is 0 Å². The lowest BCUT2D eigenvalue weighted by atomic mass is 9.88. The summed E-state index contributed by atoms with van der Waals surface area (Å²) < 4.78 is 0. The van der Waals surface area contributed by atoms with Crippen molar-refractivity contribution in [3.05, 3.63) is 59.7 Å². The predicted molar refractivity (Wildman–Crippen MR) is 107 cm³/mol. The van der Waals surface area contributed by atoms with Crippen LogP contribution in [0.5, 0.6) is 0 Å². The zero-order valence-corrected chi connectivity index (χ0v) is 15.7. The van der Waals surface area contributed by atoms with Crippen molar-refractivity contribution in [1.82, 2.24) is 5.32 Å². The highest BCUT2D eigenvalue weighted by Crippen LogP contribution is 2.22. The number of rotatable bonds is 5. The van der Waals surface area contributed by atoms with E-state index in [4.69, 9.17) is 0 Å². The second-order valence-electron chi connectivity index (χ2n) is 6.55. The van der Waals surface area contributed by atoms with Crippen molar-refractivity contribution in [1.29, 1.82) is 0 Å². The van der Waals surface area contributed by atoms with Crippen LogP contribution in [0, 0.1) is 18.8 Å². The molecule has 1 saturated heterocycles. The molecule has 0 bridgehead atoms. The van der Waals surface area contributed by atoms with E-state index in [2.05, 4.69) is 16.0 Å². The van der Waals surface area contributed by atoms with E-state index in [0.717, 1.165) is 24.3 Å². The first-order valence-corrected chi connectivity index (χ1v) is 8.53. The molecule has 1 aliphatic heterocycles. The highest BCUT2D eigenvalue weighted by Gasteiger charge is 2.28. The highest BCUT2D eigenvalue weighted by atomic mass is 35.5. The first-order chi connectivity index (χ1) is 12.0. The predicted octanol–water partition coefficient (Wildman–Crippen LogP) is 3.46. The third kappa shape index (κ3) is 4.62. The molecular formula is C20H24ClN3O2. The SMILES string of the molecule is Cc1ccc(C(=O)Nc2ccccc2)cc1NC(=O)C(C)C1CNC1.Cl. The Morgan fingerprint density at radius 3 is 2.38 bits per heavy atom. The molecule has 1 unspecified atom stereocenters. The number of carbonyl (C=O) groups excluding carboxylic acids is 2. The number of aryl methyl sites for hydroxylation is 1. The number of para-hydroxylation sites is 1. The molecule has 1 heterocycles. The second-order valence-corrected chi connectivity index (χ2v) is 6.55. The van der Waals surface area contributed by atoms with Gasteiger partial charge in [-0.25, -0.2) is 0 Å². The maximum Gasteiger partial charge on any atom is 0.255 e. The highest BCUT2D eigenvalue weighted by molar-refractivity contribution is 6.05. The van der Waals surface area contributed by atoms with Gasteiger partial charge in [-0.05, 0) is 55.8 Å². The number of amides is 2. The van der Waals surface area contributed by atoms with Crippen LogP contribution in [-0.2, 0) is 4.79 Å². The third-order valence-corrected chi connectivity index (χ3v) is 4.72. The molecule has 138 valence electrons. The molecule has 0 saturated carbocycles. The molecule has 26 heavy (non-hydrogen) atoms. The number of nitrogens with one attached hydrogen (secondary N) is 3. The van der Waals surface area contributed by atoms with Crippen LogP contribution in [0.1, 0.15) is 22.8 Å². The fraction of sp³-hybridized carbons (Fsp3) is 0.300. The van der Waals surface area contributed by atoms with Gasteiger partial charge in [0, 0.05) is 22.9 Å². The molecular weight excluding hydrogens is 350 g/mol. The van der Waals surface area contributed by atoms with Gasteiger partial charge in [-0.3, -0.25) is 9.59 Å². The first kappa shape index (κ1) is 19.9. The lowest BCUT2D eigenvalue weighted by Crippen LogP contribution is -2.48. The monoisotopic (exact) mass is 373 g/mol. The summed E-state index contributed by atoms with van der Waals surface area (Å²) in [7, 11) is 0. The van der Waals surface area contributed by atoms with Crippen molar-refractivity contribution in [3.8, 4) is 0 Å². The molecule has 0 aliphatic carbocycles. The van der Waals surface area contributed by atoms with E-state index in [0.29, 0.717) is 17.2 Å². The summed E-state index contributed by atoms with van der Waals surface area (Å²) in [6.07, 6.45) is 0. The molecule has 3 rings (SSSR count). The minimum atomic E-state index is -0.196. The zero-order valence-electron chi connectivity index (χ0n) is 14.9. The smallest absolute Gasteiger partial charge is 0.255 e. The molecule has 1 atom stereocenters. The summed E-state index contributed by atoms with van der Waals surface area (Å²) in [5.41, 5.74) is 2.88. The molecule has 0 radical (unpaired) electrons. The Labute approximate surface area is 160 Å². The summed E-state index contributed by atoms with van der Waals surface area (Å²) in [5, 5.41) is 9.02. The van der Waals surface area contributed by atoms with Gasteiger partial charge in [0.15, 0.2) is 0 Å². The number of hydrogen-bond donors (Lipinski definition) is 3. The quantitative estimate of drug-likeness (QED) is 0.751. The normalized spacial score (nSPS) is 14.5. The van der Waals surface area contributed by atoms with Gasteiger partial charge < -0.3 is 16.0 Å². The Balaban J connectivity index is 0.00000243. The van der Waals surface area contributed by atoms with Crippen LogP contribution in [-0.4, -0.2) is 24.9 Å². The van der Waals surface area contributed by atoms with Crippen LogP contribution in [0.4, 0.5) is 11.4 Å². The van der Waals surface area contributed by atoms with Crippen molar-refractivity contribution in [2.24, 2.45) is 11.8 Å². The van der Waals surface area contributed by atoms with Gasteiger partial charge in [0.25, 0.3) is 5.91 Å². The Morgan fingerprint density at radius 1 is 1.08 bits per heavy atom. The van der Waals surface area contributed by atoms with Gasteiger partial charge in [0.2, 0.25) is 5.91 Å². The van der Waals surface area contributed by atoms with Gasteiger partial charge in [-0.1, -0.05) is 31.2 Å². The summed E-state index contributed by atoms with van der Waals surface area (Å²) in [6.45, 7) is 5.63. The summed E-state index contributed by atoms with van der Waals surface area (Å²) in [6, 6.07) is 14.7. The van der Waals surface area contributed by atoms with Crippen molar-refractivity contribution in [2.45, 2.75) is 13.8 Å². The molecule has 0 spiro atoms. The summed E-state index contributed by atoms with van der Waals surface area (Å²) >= 11 is 0. The van der Waals surface area contributed by atoms with Gasteiger partial charge in [-0.15, -0.1) is 12.4 Å². The standard InChI is InChI=1S/C20H23N3O2.ClH/c1-13-8-9-15(20(25)22-17-6-4-3-5-7-17)10-18(13)23-19(24)14(2)16-11-21-12-16;/h3-10,14,16,21H,11-12H2,1-2H3,(H,22,25)(H,23,24);1H. The van der Waals surface area contributed by atoms with E-state index in [-0.39, 0.29) is 30.1 Å². The number of carbonyl (C=O) groups is 2. The van der Waals surface area contributed by atoms with Crippen LogP contribution < -0.4 is 16.0 Å². The average Bonchev–Trinajstić information content (AvgIpc) is 2.56. The summed E-state index contributed by atoms with van der Waals surface area (Å²) in [5.74, 6) is 0.125. The van der Waals surface area contributed by atoms with Crippen molar-refractivity contribution in [3.63, 3.8) is 0 Å². The maximum atomic E-state index is 12.4. The van der Waals surface area contributed by atoms with Crippen molar-refractivity contribution >= 4 is 35.6 Å². The Kier molecular flexibility index (Phi) is 6.77. The number of hydrogen-bond acceptors (Lipinski definition) is 3. The number of halogens is 1. The Morgan fingerprint density at radius 2 is 1.77 bits per heavy atom. The van der Waals surface area contributed by atoms with Crippen molar-refractivity contribution in [2.75, 3.05) is 23.7 Å². The van der Waals surface area contributed by atoms with E-state index in [1.54, 1.807) is 12.1 Å². The van der Waals surface area contributed by atoms with E-state index in [9.17, 15) is 9.59 Å². The molecule has 5 nitrogen and oxygen atoms in total. The first-order valence-electron chi connectivity index (χ1n) is 8.53. The molecule has 0 aromatic heterocycles. The fourth-order valence-corrected chi connectivity index (χ4v) is 2.75. The molecule has 2 aromatic carbocycles. The topological polar surface area (TPSA) is 70.2 Å². The second kappa shape index (κ2) is 8.83. The maximum absolute atomic E-state index is 12.4. The lowest BCUT2D eigenvalue weighted by molar-refractivity contribution is -0.121. The molecule has 6 heteroatoms. The van der Waals surface area contributed by atoms with Gasteiger partial charge >= 0.3 is 0 Å². The van der Waals surface area contributed by atoms with Gasteiger partial charge in [0.1, 0.15) is 0 Å². The zero-order chi connectivity index (χ0) is 17.8. The van der Waals surface area contributed by atoms with E-state index in [1.165, 1.54) is 0 Å². The molecule has 2 aromatic rings. The number of benzene rings is 2.